The SMILES string of the molecule is CS(=O)c1cc(F)c(-c2nc(C(=O)Cc3cnc4c(c3N3CCC[C@H](N)C3)CCC4O)ccc2F)c(F)c1. The lowest BCUT2D eigenvalue weighted by molar-refractivity contribution is 0.0988. The average molecular weight is 545 g/mol. The Morgan fingerprint density at radius 2 is 1.92 bits per heavy atom. The molecule has 1 saturated heterocycles. The van der Waals surface area contributed by atoms with Crippen LogP contribution in [0.3, 0.4) is 0 Å². The summed E-state index contributed by atoms with van der Waals surface area (Å²) < 4.78 is 55.8. The van der Waals surface area contributed by atoms with Crippen molar-refractivity contribution >= 4 is 22.3 Å². The number of aromatic nitrogens is 2. The first-order valence-corrected chi connectivity index (χ1v) is 13.9. The summed E-state index contributed by atoms with van der Waals surface area (Å²) >= 11 is 0. The maximum absolute atomic E-state index is 14.8. The molecule has 1 fully saturated rings. The Morgan fingerprint density at radius 3 is 2.61 bits per heavy atom. The Kier molecular flexibility index (Phi) is 7.34. The van der Waals surface area contributed by atoms with Crippen LogP contribution in [0, 0.1) is 17.5 Å². The number of piperidine rings is 1. The zero-order valence-electron chi connectivity index (χ0n) is 20.7. The molecule has 3 aromatic rings. The summed E-state index contributed by atoms with van der Waals surface area (Å²) in [5.74, 6) is -3.74. The highest BCUT2D eigenvalue weighted by Crippen LogP contribution is 2.39. The van der Waals surface area contributed by atoms with Crippen molar-refractivity contribution in [3.8, 4) is 11.3 Å². The number of fused-ring (bicyclic) bond motifs is 1. The fourth-order valence-corrected chi connectivity index (χ4v) is 5.81. The van der Waals surface area contributed by atoms with Crippen molar-refractivity contribution in [2.45, 2.75) is 49.1 Å². The van der Waals surface area contributed by atoms with E-state index in [1.54, 1.807) is 6.20 Å². The first kappa shape index (κ1) is 26.5. The predicted octanol–water partition coefficient (Wildman–Crippen LogP) is 3.63. The second kappa shape index (κ2) is 10.5. The van der Waals surface area contributed by atoms with Gasteiger partial charge in [0.25, 0.3) is 0 Å². The van der Waals surface area contributed by atoms with Crippen molar-refractivity contribution in [1.29, 1.82) is 0 Å². The van der Waals surface area contributed by atoms with Gasteiger partial charge in [0, 0.05) is 70.5 Å². The number of Topliss-reactive ketones (excluding diaryl/α,β-unsaturated/α-hetero) is 1. The highest BCUT2D eigenvalue weighted by Gasteiger charge is 2.31. The minimum atomic E-state index is -1.65. The molecule has 2 unspecified atom stereocenters. The smallest absolute Gasteiger partial charge is 0.185 e. The number of hydrogen-bond donors (Lipinski definition) is 2. The number of pyridine rings is 2. The van der Waals surface area contributed by atoms with Gasteiger partial charge in [0.1, 0.15) is 28.8 Å². The van der Waals surface area contributed by atoms with Crippen LogP contribution < -0.4 is 10.6 Å². The minimum absolute atomic E-state index is 0.0231. The van der Waals surface area contributed by atoms with Gasteiger partial charge in [-0.2, -0.15) is 0 Å². The number of ketones is 1. The zero-order valence-corrected chi connectivity index (χ0v) is 21.5. The molecule has 1 aromatic carbocycles. The molecule has 0 amide bonds. The fourth-order valence-electron chi connectivity index (χ4n) is 5.27. The van der Waals surface area contributed by atoms with Gasteiger partial charge < -0.3 is 15.7 Å². The maximum Gasteiger partial charge on any atom is 0.185 e. The van der Waals surface area contributed by atoms with E-state index in [9.17, 15) is 27.3 Å². The molecular formula is C27H27F3N4O3S. The third-order valence-electron chi connectivity index (χ3n) is 7.08. The molecule has 2 aromatic heterocycles. The van der Waals surface area contributed by atoms with E-state index in [-0.39, 0.29) is 23.1 Å². The van der Waals surface area contributed by atoms with E-state index in [1.165, 1.54) is 12.3 Å². The van der Waals surface area contributed by atoms with Crippen LogP contribution in [-0.4, -0.2) is 50.5 Å². The molecule has 7 nitrogen and oxygen atoms in total. The number of nitrogens with zero attached hydrogens (tertiary/aromatic N) is 3. The van der Waals surface area contributed by atoms with Crippen molar-refractivity contribution in [1.82, 2.24) is 9.97 Å². The number of carbonyl (C=O) groups is 1. The van der Waals surface area contributed by atoms with Gasteiger partial charge in [-0.25, -0.2) is 18.2 Å². The number of nitrogens with two attached hydrogens (primary N) is 1. The second-order valence-electron chi connectivity index (χ2n) is 9.74. The third kappa shape index (κ3) is 4.97. The van der Waals surface area contributed by atoms with Gasteiger partial charge in [0.2, 0.25) is 0 Å². The molecule has 11 heteroatoms. The second-order valence-corrected chi connectivity index (χ2v) is 11.1. The average Bonchev–Trinajstić information content (AvgIpc) is 3.24. The highest BCUT2D eigenvalue weighted by molar-refractivity contribution is 7.84. The van der Waals surface area contributed by atoms with Gasteiger partial charge in [-0.15, -0.1) is 0 Å². The highest BCUT2D eigenvalue weighted by atomic mass is 32.2. The van der Waals surface area contributed by atoms with E-state index in [1.807, 2.05) is 0 Å². The number of carbonyl (C=O) groups excluding carboxylic acids is 1. The van der Waals surface area contributed by atoms with Crippen molar-refractivity contribution < 1.29 is 27.3 Å². The summed E-state index contributed by atoms with van der Waals surface area (Å²) in [6.45, 7) is 1.35. The first-order chi connectivity index (χ1) is 18.1. The van der Waals surface area contributed by atoms with Crippen LogP contribution in [0.2, 0.25) is 0 Å². The predicted molar refractivity (Wildman–Crippen MR) is 137 cm³/mol. The van der Waals surface area contributed by atoms with Gasteiger partial charge in [0.15, 0.2) is 5.78 Å². The molecule has 5 rings (SSSR count). The van der Waals surface area contributed by atoms with E-state index in [0.29, 0.717) is 30.6 Å². The molecule has 3 atom stereocenters. The largest absolute Gasteiger partial charge is 0.387 e. The minimum Gasteiger partial charge on any atom is -0.387 e. The Hall–Kier alpha value is -3.15. The molecule has 0 spiro atoms. The van der Waals surface area contributed by atoms with Crippen LogP contribution in [0.4, 0.5) is 18.9 Å². The Morgan fingerprint density at radius 1 is 1.18 bits per heavy atom. The van der Waals surface area contributed by atoms with Gasteiger partial charge >= 0.3 is 0 Å². The molecule has 2 aliphatic rings. The lowest BCUT2D eigenvalue weighted by Crippen LogP contribution is -2.43. The molecule has 38 heavy (non-hydrogen) atoms. The maximum atomic E-state index is 14.8. The number of anilines is 1. The van der Waals surface area contributed by atoms with Crippen LogP contribution in [-0.2, 0) is 23.6 Å². The van der Waals surface area contributed by atoms with E-state index in [2.05, 4.69) is 14.9 Å². The van der Waals surface area contributed by atoms with Gasteiger partial charge in [-0.3, -0.25) is 14.0 Å². The molecule has 0 saturated carbocycles. The van der Waals surface area contributed by atoms with E-state index >= 15 is 0 Å². The molecule has 3 N–H and O–H groups in total. The summed E-state index contributed by atoms with van der Waals surface area (Å²) in [6, 6.07) is 3.83. The molecule has 0 bridgehead atoms. The van der Waals surface area contributed by atoms with E-state index < -0.39 is 51.4 Å². The van der Waals surface area contributed by atoms with Crippen LogP contribution >= 0.6 is 0 Å². The number of benzene rings is 1. The van der Waals surface area contributed by atoms with Crippen molar-refractivity contribution in [3.05, 3.63) is 70.4 Å². The number of hydrogen-bond acceptors (Lipinski definition) is 7. The van der Waals surface area contributed by atoms with Crippen molar-refractivity contribution in [2.24, 2.45) is 5.73 Å². The molecule has 1 aliphatic carbocycles. The summed E-state index contributed by atoms with van der Waals surface area (Å²) in [7, 11) is -1.65. The van der Waals surface area contributed by atoms with Crippen LogP contribution in [0.1, 0.15) is 52.7 Å². The summed E-state index contributed by atoms with van der Waals surface area (Å²) in [4.78, 5) is 23.8. The standard InChI is InChI=1S/C27H27F3N4O3S/c1-38(37)16-10-19(29)24(20(30)11-16)26-18(28)5-6-21(33-26)23(36)9-14-12-32-25-17(4-7-22(25)35)27(14)34-8-2-3-15(31)13-34/h5-6,10-12,15,22,35H,2-4,7-9,13,31H2,1H3/t15-,22?,38?/m0/s1. The van der Waals surface area contributed by atoms with Crippen molar-refractivity contribution in [2.75, 3.05) is 24.2 Å². The number of aliphatic hydroxyl groups is 1. The molecule has 1 aliphatic heterocycles. The first-order valence-electron chi connectivity index (χ1n) is 12.4. The van der Waals surface area contributed by atoms with Crippen LogP contribution in [0.5, 0.6) is 0 Å². The van der Waals surface area contributed by atoms with Gasteiger partial charge in [-0.05, 0) is 49.9 Å². The number of aliphatic hydroxyl groups excluding tert-OH is 1. The molecular weight excluding hydrogens is 517 g/mol. The summed E-state index contributed by atoms with van der Waals surface area (Å²) in [6.07, 6.45) is 4.97. The summed E-state index contributed by atoms with van der Waals surface area (Å²) in [5.41, 5.74) is 7.62. The van der Waals surface area contributed by atoms with E-state index in [0.717, 1.165) is 48.8 Å². The zero-order chi connectivity index (χ0) is 27.1. The molecule has 0 radical (unpaired) electrons. The van der Waals surface area contributed by atoms with Gasteiger partial charge in [0.05, 0.1) is 17.4 Å². The summed E-state index contributed by atoms with van der Waals surface area (Å²) in [5, 5.41) is 10.4. The Bertz CT molecular complexity index is 1430. The Labute approximate surface area is 220 Å². The van der Waals surface area contributed by atoms with Crippen LogP contribution in [0.25, 0.3) is 11.3 Å². The monoisotopic (exact) mass is 544 g/mol. The van der Waals surface area contributed by atoms with Crippen molar-refractivity contribution in [3.63, 3.8) is 0 Å². The lowest BCUT2D eigenvalue weighted by Gasteiger charge is -2.35. The quantitative estimate of drug-likeness (QED) is 0.456. The third-order valence-corrected chi connectivity index (χ3v) is 7.98. The molecule has 3 heterocycles. The number of rotatable bonds is 6. The lowest BCUT2D eigenvalue weighted by atomic mass is 9.98. The fraction of sp³-hybridized carbons (Fsp3) is 0.370. The number of halogens is 3. The topological polar surface area (TPSA) is 109 Å². The van der Waals surface area contributed by atoms with Gasteiger partial charge in [-0.1, -0.05) is 0 Å². The normalized spacial score (nSPS) is 19.9. The van der Waals surface area contributed by atoms with Crippen LogP contribution in [0.15, 0.2) is 35.4 Å². The molecule has 200 valence electrons. The Balaban J connectivity index is 1.51. The van der Waals surface area contributed by atoms with E-state index in [4.69, 9.17) is 5.73 Å².